The lowest BCUT2D eigenvalue weighted by Gasteiger charge is -1.99. The lowest BCUT2D eigenvalue weighted by Crippen LogP contribution is -2.24. The highest BCUT2D eigenvalue weighted by Crippen LogP contribution is 2.06. The molecule has 0 saturated carbocycles. The molecule has 0 heterocycles. The van der Waals surface area contributed by atoms with E-state index >= 15 is 0 Å². The summed E-state index contributed by atoms with van der Waals surface area (Å²) >= 11 is 0. The minimum atomic E-state index is 0.566. The van der Waals surface area contributed by atoms with Gasteiger partial charge in [0.15, 0.2) is 0 Å². The van der Waals surface area contributed by atoms with Crippen molar-refractivity contribution in [3.8, 4) is 0 Å². The quantitative estimate of drug-likeness (QED) is 0.540. The lowest BCUT2D eigenvalue weighted by atomic mass is 10.1. The van der Waals surface area contributed by atoms with Gasteiger partial charge in [0.2, 0.25) is 0 Å². The van der Waals surface area contributed by atoms with Crippen LogP contribution in [0.25, 0.3) is 22.9 Å². The van der Waals surface area contributed by atoms with Gasteiger partial charge in [-0.1, -0.05) is 94.0 Å². The predicted molar refractivity (Wildman–Crippen MR) is 127 cm³/mol. The van der Waals surface area contributed by atoms with E-state index < -0.39 is 0 Å². The summed E-state index contributed by atoms with van der Waals surface area (Å²) in [6, 6.07) is 12.8. The van der Waals surface area contributed by atoms with E-state index in [4.69, 9.17) is 5.41 Å². The Labute approximate surface area is 166 Å². The van der Waals surface area contributed by atoms with E-state index in [-0.39, 0.29) is 0 Å². The van der Waals surface area contributed by atoms with Crippen LogP contribution in [0.3, 0.4) is 0 Å². The second-order valence-electron chi connectivity index (χ2n) is 5.17. The molecule has 0 amide bonds. The van der Waals surface area contributed by atoms with Crippen molar-refractivity contribution in [3.05, 3.63) is 70.6 Å². The van der Waals surface area contributed by atoms with Crippen LogP contribution in [0.5, 0.6) is 0 Å². The van der Waals surface area contributed by atoms with Crippen molar-refractivity contribution >= 4 is 28.6 Å². The molecule has 2 aromatic rings. The van der Waals surface area contributed by atoms with E-state index in [1.54, 1.807) is 6.92 Å². The number of benzene rings is 2. The molecule has 3 N–H and O–H groups in total. The maximum absolute atomic E-state index is 7.41. The molecule has 0 radical (unpaired) electrons. The molecule has 0 aromatic heterocycles. The minimum absolute atomic E-state index is 0.566. The molecular weight excluding hydrogens is 328 g/mol. The van der Waals surface area contributed by atoms with Crippen molar-refractivity contribution in [3.63, 3.8) is 0 Å². The zero-order chi connectivity index (χ0) is 21.2. The number of nitrogens with one attached hydrogen (secondary N) is 1. The van der Waals surface area contributed by atoms with E-state index in [0.717, 1.165) is 5.57 Å². The summed E-state index contributed by atoms with van der Waals surface area (Å²) in [5.74, 6) is 0. The molecular formula is C25H38N2. The number of fused-ring (bicyclic) bond motifs is 1. The van der Waals surface area contributed by atoms with Gasteiger partial charge in [-0.25, -0.2) is 0 Å². The highest BCUT2D eigenvalue weighted by Gasteiger charge is 1.94. The number of nitrogens with two attached hydrogens (primary N) is 1. The third-order valence-corrected chi connectivity index (χ3v) is 3.42. The van der Waals surface area contributed by atoms with Crippen LogP contribution >= 0.6 is 0 Å². The van der Waals surface area contributed by atoms with E-state index in [2.05, 4.69) is 67.3 Å². The van der Waals surface area contributed by atoms with Crippen molar-refractivity contribution < 1.29 is 0 Å². The van der Waals surface area contributed by atoms with Crippen LogP contribution < -0.4 is 16.2 Å². The molecule has 0 atom stereocenters. The molecule has 0 bridgehead atoms. The normalized spacial score (nSPS) is 11.8. The van der Waals surface area contributed by atoms with Gasteiger partial charge < -0.3 is 11.1 Å². The highest BCUT2D eigenvalue weighted by molar-refractivity contribution is 5.90. The largest absolute Gasteiger partial charge is 0.333 e. The summed E-state index contributed by atoms with van der Waals surface area (Å²) in [6.45, 7) is 13.9. The van der Waals surface area contributed by atoms with Crippen LogP contribution in [0.1, 0.15) is 48.5 Å². The van der Waals surface area contributed by atoms with Gasteiger partial charge in [0, 0.05) is 5.71 Å². The van der Waals surface area contributed by atoms with Crippen LogP contribution in [0.2, 0.25) is 0 Å². The number of allylic oxidation sites excluding steroid dienone is 4. The Hall–Kier alpha value is -2.45. The van der Waals surface area contributed by atoms with Crippen molar-refractivity contribution in [1.82, 2.24) is 0 Å². The fraction of sp³-hybridized carbons (Fsp3) is 0.320. The van der Waals surface area contributed by atoms with Gasteiger partial charge >= 0.3 is 0 Å². The van der Waals surface area contributed by atoms with Gasteiger partial charge in [-0.3, -0.25) is 0 Å². The molecule has 27 heavy (non-hydrogen) atoms. The average molecular weight is 367 g/mol. The van der Waals surface area contributed by atoms with Gasteiger partial charge in [-0.2, -0.15) is 0 Å². The first-order chi connectivity index (χ1) is 13.1. The third-order valence-electron chi connectivity index (χ3n) is 3.42. The number of hydrogen-bond donors (Lipinski definition) is 2. The molecule has 0 spiro atoms. The van der Waals surface area contributed by atoms with Gasteiger partial charge in [0.05, 0.1) is 0 Å². The molecule has 2 rings (SSSR count). The third kappa shape index (κ3) is 9.72. The minimum Gasteiger partial charge on any atom is -0.333 e. The molecule has 0 aliphatic carbocycles. The average Bonchev–Trinajstić information content (AvgIpc) is 2.74. The molecule has 0 fully saturated rings. The SMILES string of the molecule is CC.CC.CN.C\C=c1/c(=C\C=C(C)\C=C/C(C)=N)ccc2ccccc12. The predicted octanol–water partition coefficient (Wildman–Crippen LogP) is 5.59. The van der Waals surface area contributed by atoms with E-state index in [9.17, 15) is 0 Å². The Morgan fingerprint density at radius 3 is 2.04 bits per heavy atom. The molecule has 0 saturated heterocycles. The fourth-order valence-electron chi connectivity index (χ4n) is 2.31. The highest BCUT2D eigenvalue weighted by atomic mass is 14.4. The van der Waals surface area contributed by atoms with Crippen molar-refractivity contribution in [2.45, 2.75) is 48.5 Å². The molecule has 148 valence electrons. The first kappa shape index (κ1) is 26.8. The van der Waals surface area contributed by atoms with Crippen LogP contribution in [0.4, 0.5) is 0 Å². The summed E-state index contributed by atoms with van der Waals surface area (Å²) in [5, 5.41) is 12.4. The van der Waals surface area contributed by atoms with Gasteiger partial charge in [0.25, 0.3) is 0 Å². The summed E-state index contributed by atoms with van der Waals surface area (Å²) in [5.41, 5.74) is 6.20. The second-order valence-corrected chi connectivity index (χ2v) is 5.17. The summed E-state index contributed by atoms with van der Waals surface area (Å²) < 4.78 is 0. The van der Waals surface area contributed by atoms with Crippen LogP contribution in [0, 0.1) is 5.41 Å². The maximum Gasteiger partial charge on any atom is 0.0283 e. The number of rotatable bonds is 3. The summed E-state index contributed by atoms with van der Waals surface area (Å²) in [6.07, 6.45) is 10.2. The number of hydrogen-bond acceptors (Lipinski definition) is 2. The zero-order valence-corrected chi connectivity index (χ0v) is 18.4. The molecule has 0 unspecified atom stereocenters. The molecule has 2 nitrogen and oxygen atoms in total. The fourth-order valence-corrected chi connectivity index (χ4v) is 2.31. The molecule has 2 heteroatoms. The summed E-state index contributed by atoms with van der Waals surface area (Å²) in [7, 11) is 1.50. The Bertz CT molecular complexity index is 840. The second kappa shape index (κ2) is 17.0. The summed E-state index contributed by atoms with van der Waals surface area (Å²) in [4.78, 5) is 0. The Morgan fingerprint density at radius 1 is 0.889 bits per heavy atom. The van der Waals surface area contributed by atoms with Crippen LogP contribution in [-0.4, -0.2) is 12.8 Å². The van der Waals surface area contributed by atoms with Gasteiger partial charge in [0.1, 0.15) is 0 Å². The van der Waals surface area contributed by atoms with Crippen molar-refractivity contribution in [1.29, 1.82) is 5.41 Å². The Balaban J connectivity index is 0. The molecule has 0 aliphatic heterocycles. The first-order valence-electron chi connectivity index (χ1n) is 9.75. The Morgan fingerprint density at radius 2 is 1.48 bits per heavy atom. The van der Waals surface area contributed by atoms with Crippen molar-refractivity contribution in [2.75, 3.05) is 7.05 Å². The Kier molecular flexibility index (Phi) is 16.8. The van der Waals surface area contributed by atoms with E-state index in [1.165, 1.54) is 28.3 Å². The van der Waals surface area contributed by atoms with Crippen molar-refractivity contribution in [2.24, 2.45) is 5.73 Å². The van der Waals surface area contributed by atoms with Gasteiger partial charge in [-0.15, -0.1) is 0 Å². The van der Waals surface area contributed by atoms with Gasteiger partial charge in [-0.05, 0) is 55.1 Å². The maximum atomic E-state index is 7.41. The topological polar surface area (TPSA) is 49.9 Å². The van der Waals surface area contributed by atoms with E-state index in [1.807, 2.05) is 46.8 Å². The lowest BCUT2D eigenvalue weighted by molar-refractivity contribution is 1.48. The smallest absolute Gasteiger partial charge is 0.0283 e. The van der Waals surface area contributed by atoms with Crippen LogP contribution in [-0.2, 0) is 0 Å². The molecule has 2 aromatic carbocycles. The standard InChI is InChI=1S/C20H21N.2C2H6.CH5N/c1-4-19-18(12-10-15(2)9-11-16(3)21)14-13-17-7-5-6-8-20(17)19;3*1-2/h4-14,21H,1-3H3;2*1-2H3;2H2,1H3/b11-9-,15-10+,18-12-,19-4+,21-16?;;;. The monoisotopic (exact) mass is 366 g/mol. The van der Waals surface area contributed by atoms with E-state index in [0.29, 0.717) is 5.71 Å². The molecule has 0 aliphatic rings. The zero-order valence-electron chi connectivity index (χ0n) is 18.4. The van der Waals surface area contributed by atoms with Crippen LogP contribution in [0.15, 0.2) is 60.2 Å². The first-order valence-corrected chi connectivity index (χ1v) is 9.75.